The van der Waals surface area contributed by atoms with Crippen molar-refractivity contribution in [1.29, 1.82) is 0 Å². The number of hydrogen-bond acceptors (Lipinski definition) is 3. The van der Waals surface area contributed by atoms with Crippen LogP contribution in [0.3, 0.4) is 0 Å². The van der Waals surface area contributed by atoms with E-state index >= 15 is 0 Å². The molecule has 1 amide bonds. The highest BCUT2D eigenvalue weighted by Crippen LogP contribution is 2.61. The summed E-state index contributed by atoms with van der Waals surface area (Å²) in [6, 6.07) is 0. The van der Waals surface area contributed by atoms with E-state index in [9.17, 15) is 31.1 Å². The second kappa shape index (κ2) is 8.77. The number of nitrogens with two attached hydrogens (primary N) is 1. The van der Waals surface area contributed by atoms with Gasteiger partial charge in [-0.25, -0.2) is 0 Å². The first kappa shape index (κ1) is 24.1. The third-order valence-electron chi connectivity index (χ3n) is 7.14. The molecule has 2 N–H and O–H groups in total. The molecule has 10 heteroatoms. The van der Waals surface area contributed by atoms with Crippen molar-refractivity contribution in [1.82, 2.24) is 4.90 Å². The van der Waals surface area contributed by atoms with Crippen LogP contribution in [0, 0.1) is 23.2 Å². The van der Waals surface area contributed by atoms with E-state index in [0.717, 1.165) is 26.3 Å². The van der Waals surface area contributed by atoms with Crippen molar-refractivity contribution in [2.24, 2.45) is 28.9 Å². The van der Waals surface area contributed by atoms with Crippen molar-refractivity contribution in [3.8, 4) is 0 Å². The molecule has 2 heterocycles. The van der Waals surface area contributed by atoms with Gasteiger partial charge in [-0.3, -0.25) is 4.79 Å². The lowest BCUT2D eigenvalue weighted by Crippen LogP contribution is -2.58. The maximum atomic E-state index is 14.6. The molecule has 2 unspecified atom stereocenters. The molecular formula is C21H28F6N2O2. The minimum atomic E-state index is -5.06. The van der Waals surface area contributed by atoms with E-state index in [0.29, 0.717) is 44.4 Å². The van der Waals surface area contributed by atoms with Crippen molar-refractivity contribution in [3.63, 3.8) is 0 Å². The summed E-state index contributed by atoms with van der Waals surface area (Å²) in [5, 5.41) is 0. The van der Waals surface area contributed by atoms with E-state index in [1.165, 1.54) is 0 Å². The third-order valence-corrected chi connectivity index (χ3v) is 7.14. The van der Waals surface area contributed by atoms with Gasteiger partial charge < -0.3 is 15.4 Å². The lowest BCUT2D eigenvalue weighted by Gasteiger charge is -2.51. The molecule has 2 fully saturated rings. The molecular weight excluding hydrogens is 426 g/mol. The fraction of sp³-hybridized carbons (Fsp3) is 0.762. The molecule has 4 nitrogen and oxygen atoms in total. The Labute approximate surface area is 177 Å². The smallest absolute Gasteiger partial charge is 0.381 e. The van der Waals surface area contributed by atoms with Crippen LogP contribution in [0.25, 0.3) is 0 Å². The molecule has 0 radical (unpaired) electrons. The van der Waals surface area contributed by atoms with Crippen LogP contribution < -0.4 is 5.73 Å². The fourth-order valence-electron chi connectivity index (χ4n) is 5.60. The Morgan fingerprint density at radius 3 is 2.19 bits per heavy atom. The SMILES string of the molecule is CC1=C(C(F)(F)F)C=CC(C(N)=O)C1(C1CCN(CC2CCOCC2)CC1)C(F)(F)F. The Bertz CT molecular complexity index is 731. The molecule has 0 aromatic rings. The number of halogens is 6. The average molecular weight is 454 g/mol. The summed E-state index contributed by atoms with van der Waals surface area (Å²) in [5.74, 6) is -3.90. The molecule has 3 aliphatic rings. The van der Waals surface area contributed by atoms with Crippen molar-refractivity contribution >= 4 is 5.91 Å². The van der Waals surface area contributed by atoms with Gasteiger partial charge in [-0.15, -0.1) is 0 Å². The number of carbonyl (C=O) groups is 1. The first-order chi connectivity index (χ1) is 14.4. The number of amides is 1. The third kappa shape index (κ3) is 4.51. The minimum absolute atomic E-state index is 0.0445. The molecule has 0 spiro atoms. The molecule has 2 saturated heterocycles. The lowest BCUT2D eigenvalue weighted by molar-refractivity contribution is -0.246. The Morgan fingerprint density at radius 1 is 1.13 bits per heavy atom. The number of carbonyl (C=O) groups excluding carboxylic acids is 1. The van der Waals surface area contributed by atoms with Crippen LogP contribution in [0.4, 0.5) is 26.3 Å². The van der Waals surface area contributed by atoms with Gasteiger partial charge in [-0.1, -0.05) is 12.2 Å². The van der Waals surface area contributed by atoms with Crippen LogP contribution in [0.1, 0.15) is 32.6 Å². The van der Waals surface area contributed by atoms with Gasteiger partial charge in [-0.05, 0) is 63.1 Å². The molecule has 2 atom stereocenters. The minimum Gasteiger partial charge on any atom is -0.381 e. The van der Waals surface area contributed by atoms with Crippen molar-refractivity contribution in [2.75, 3.05) is 32.8 Å². The van der Waals surface area contributed by atoms with E-state index < -0.39 is 46.7 Å². The molecule has 176 valence electrons. The van der Waals surface area contributed by atoms with Crippen LogP contribution in [-0.2, 0) is 9.53 Å². The molecule has 0 aromatic heterocycles. The van der Waals surface area contributed by atoms with E-state index in [1.54, 1.807) is 0 Å². The first-order valence-electron chi connectivity index (χ1n) is 10.5. The van der Waals surface area contributed by atoms with Crippen LogP contribution >= 0.6 is 0 Å². The summed E-state index contributed by atoms with van der Waals surface area (Å²) in [4.78, 5) is 14.1. The molecule has 0 saturated carbocycles. The Hall–Kier alpha value is -1.55. The van der Waals surface area contributed by atoms with Crippen LogP contribution in [0.5, 0.6) is 0 Å². The number of alkyl halides is 6. The van der Waals surface area contributed by atoms with E-state index in [4.69, 9.17) is 10.5 Å². The number of primary amides is 1. The summed E-state index contributed by atoms with van der Waals surface area (Å²) in [6.45, 7) is 3.58. The summed E-state index contributed by atoms with van der Waals surface area (Å²) in [5.41, 5.74) is 0.142. The highest BCUT2D eigenvalue weighted by Gasteiger charge is 2.67. The first-order valence-corrected chi connectivity index (χ1v) is 10.5. The summed E-state index contributed by atoms with van der Waals surface area (Å²) < 4.78 is 89.7. The van der Waals surface area contributed by atoms with Gasteiger partial charge in [-0.2, -0.15) is 26.3 Å². The normalized spacial score (nSPS) is 30.1. The van der Waals surface area contributed by atoms with Gasteiger partial charge >= 0.3 is 12.4 Å². The quantitative estimate of drug-likeness (QED) is 0.647. The van der Waals surface area contributed by atoms with Gasteiger partial charge in [0, 0.05) is 19.8 Å². The molecule has 1 aliphatic carbocycles. The molecule has 2 aliphatic heterocycles. The number of nitrogens with zero attached hydrogens (tertiary/aromatic N) is 1. The predicted molar refractivity (Wildman–Crippen MR) is 102 cm³/mol. The predicted octanol–water partition coefficient (Wildman–Crippen LogP) is 4.22. The monoisotopic (exact) mass is 454 g/mol. The summed E-state index contributed by atoms with van der Waals surface area (Å²) in [7, 11) is 0. The maximum absolute atomic E-state index is 14.6. The number of hydrogen-bond donors (Lipinski definition) is 1. The van der Waals surface area contributed by atoms with E-state index in [1.807, 2.05) is 0 Å². The topological polar surface area (TPSA) is 55.6 Å². The highest BCUT2D eigenvalue weighted by molar-refractivity contribution is 5.81. The number of rotatable bonds is 4. The summed E-state index contributed by atoms with van der Waals surface area (Å²) in [6.07, 6.45) is -6.90. The highest BCUT2D eigenvalue weighted by atomic mass is 19.4. The molecule has 0 bridgehead atoms. The van der Waals surface area contributed by atoms with Crippen LogP contribution in [-0.4, -0.2) is 56.0 Å². The fourth-order valence-corrected chi connectivity index (χ4v) is 5.60. The van der Waals surface area contributed by atoms with Crippen molar-refractivity contribution in [2.45, 2.75) is 45.0 Å². The number of likely N-dealkylation sites (tertiary alicyclic amines) is 1. The molecule has 3 rings (SSSR count). The van der Waals surface area contributed by atoms with Gasteiger partial charge in [0.1, 0.15) is 5.41 Å². The van der Waals surface area contributed by atoms with Crippen molar-refractivity contribution < 1.29 is 35.9 Å². The number of ether oxygens (including phenoxy) is 1. The zero-order valence-electron chi connectivity index (χ0n) is 17.4. The number of allylic oxidation sites excluding steroid dienone is 3. The van der Waals surface area contributed by atoms with E-state index in [-0.39, 0.29) is 12.8 Å². The van der Waals surface area contributed by atoms with Gasteiger partial charge in [0.05, 0.1) is 11.5 Å². The Balaban J connectivity index is 1.92. The van der Waals surface area contributed by atoms with Crippen LogP contribution in [0.15, 0.2) is 23.3 Å². The van der Waals surface area contributed by atoms with Gasteiger partial charge in [0.15, 0.2) is 0 Å². The number of piperidine rings is 1. The van der Waals surface area contributed by atoms with Gasteiger partial charge in [0.2, 0.25) is 5.91 Å². The van der Waals surface area contributed by atoms with Crippen LogP contribution in [0.2, 0.25) is 0 Å². The Kier molecular flexibility index (Phi) is 6.82. The largest absolute Gasteiger partial charge is 0.416 e. The molecule has 31 heavy (non-hydrogen) atoms. The average Bonchev–Trinajstić information content (AvgIpc) is 2.67. The standard InChI is InChI=1S/C21H28F6N2O2/c1-13-16(20(22,23)24)2-3-17(18(28)30)19(13,21(25,26)27)15-4-8-29(9-5-15)12-14-6-10-31-11-7-14/h2-3,14-15,17H,4-12H2,1H3,(H2,28,30). The second-order valence-electron chi connectivity index (χ2n) is 8.77. The maximum Gasteiger partial charge on any atom is 0.416 e. The van der Waals surface area contributed by atoms with E-state index in [2.05, 4.69) is 4.90 Å². The van der Waals surface area contributed by atoms with Crippen molar-refractivity contribution in [3.05, 3.63) is 23.3 Å². The summed E-state index contributed by atoms with van der Waals surface area (Å²) >= 11 is 0. The van der Waals surface area contributed by atoms with Gasteiger partial charge in [0.25, 0.3) is 0 Å². The zero-order valence-corrected chi connectivity index (χ0v) is 17.4. The zero-order chi connectivity index (χ0) is 23.0. The molecule has 0 aromatic carbocycles. The Morgan fingerprint density at radius 2 is 1.71 bits per heavy atom. The lowest BCUT2D eigenvalue weighted by atomic mass is 9.56. The second-order valence-corrected chi connectivity index (χ2v) is 8.77.